The first kappa shape index (κ1) is 13.3. The van der Waals surface area contributed by atoms with E-state index in [0.717, 1.165) is 44.8 Å². The highest BCUT2D eigenvalue weighted by Gasteiger charge is 2.25. The SMILES string of the molecule is CCN(CC)CCN1CCc2c(C)nc3ncnn3c21. The van der Waals surface area contributed by atoms with E-state index in [2.05, 4.69) is 45.6 Å². The maximum absolute atomic E-state index is 4.52. The zero-order valence-corrected chi connectivity index (χ0v) is 12.5. The van der Waals surface area contributed by atoms with Crippen LogP contribution in [-0.2, 0) is 6.42 Å². The first-order chi connectivity index (χ1) is 9.74. The third-order valence-electron chi connectivity index (χ3n) is 4.22. The lowest BCUT2D eigenvalue weighted by Gasteiger charge is -2.24. The number of likely N-dealkylation sites (N-methyl/N-ethyl adjacent to an activating group) is 1. The lowest BCUT2D eigenvalue weighted by molar-refractivity contribution is 0.310. The molecule has 0 unspecified atom stereocenters. The van der Waals surface area contributed by atoms with E-state index >= 15 is 0 Å². The van der Waals surface area contributed by atoms with E-state index in [0.29, 0.717) is 5.78 Å². The number of anilines is 1. The molecule has 0 saturated carbocycles. The Morgan fingerprint density at radius 1 is 1.30 bits per heavy atom. The van der Waals surface area contributed by atoms with E-state index in [-0.39, 0.29) is 0 Å². The molecular formula is C14H22N6. The monoisotopic (exact) mass is 274 g/mol. The molecular weight excluding hydrogens is 252 g/mol. The molecule has 20 heavy (non-hydrogen) atoms. The van der Waals surface area contributed by atoms with Gasteiger partial charge in [0.25, 0.3) is 5.78 Å². The third kappa shape index (κ3) is 2.14. The standard InChI is InChI=1S/C14H22N6/c1-4-18(5-2)8-9-19-7-6-12-11(3)17-14-15-10-16-20(14)13(12)19/h10H,4-9H2,1-3H3. The zero-order chi connectivity index (χ0) is 14.1. The molecule has 0 radical (unpaired) electrons. The smallest absolute Gasteiger partial charge is 0.254 e. The molecule has 3 rings (SSSR count). The third-order valence-corrected chi connectivity index (χ3v) is 4.22. The van der Waals surface area contributed by atoms with E-state index in [4.69, 9.17) is 0 Å². The largest absolute Gasteiger partial charge is 0.355 e. The van der Waals surface area contributed by atoms with Gasteiger partial charge in [0.2, 0.25) is 0 Å². The van der Waals surface area contributed by atoms with Crippen LogP contribution in [0.3, 0.4) is 0 Å². The van der Waals surface area contributed by atoms with Crippen LogP contribution < -0.4 is 4.90 Å². The average Bonchev–Trinajstić information content (AvgIpc) is 3.06. The summed E-state index contributed by atoms with van der Waals surface area (Å²) in [7, 11) is 0. The molecule has 0 amide bonds. The zero-order valence-electron chi connectivity index (χ0n) is 12.5. The topological polar surface area (TPSA) is 49.6 Å². The molecule has 108 valence electrons. The van der Waals surface area contributed by atoms with Crippen LogP contribution in [0, 0.1) is 6.92 Å². The van der Waals surface area contributed by atoms with Crippen LogP contribution in [0.15, 0.2) is 6.33 Å². The summed E-state index contributed by atoms with van der Waals surface area (Å²) in [4.78, 5) is 13.6. The van der Waals surface area contributed by atoms with Gasteiger partial charge in [0.15, 0.2) is 0 Å². The van der Waals surface area contributed by atoms with Crippen LogP contribution in [0.25, 0.3) is 5.78 Å². The van der Waals surface area contributed by atoms with Crippen LogP contribution in [0.4, 0.5) is 5.82 Å². The van der Waals surface area contributed by atoms with Crippen molar-refractivity contribution in [2.75, 3.05) is 37.6 Å². The van der Waals surface area contributed by atoms with Crippen molar-refractivity contribution in [1.29, 1.82) is 0 Å². The summed E-state index contributed by atoms with van der Waals surface area (Å²) < 4.78 is 1.89. The van der Waals surface area contributed by atoms with Gasteiger partial charge in [-0.25, -0.2) is 4.98 Å². The second-order valence-electron chi connectivity index (χ2n) is 5.24. The van der Waals surface area contributed by atoms with Crippen molar-refractivity contribution in [3.05, 3.63) is 17.6 Å². The summed E-state index contributed by atoms with van der Waals surface area (Å²) in [6.45, 7) is 11.9. The van der Waals surface area contributed by atoms with Gasteiger partial charge in [-0.15, -0.1) is 0 Å². The summed E-state index contributed by atoms with van der Waals surface area (Å²) in [5.41, 5.74) is 2.41. The van der Waals surface area contributed by atoms with Crippen molar-refractivity contribution in [1.82, 2.24) is 24.5 Å². The Morgan fingerprint density at radius 3 is 2.85 bits per heavy atom. The Balaban J connectivity index is 1.89. The number of nitrogens with zero attached hydrogens (tertiary/aromatic N) is 6. The van der Waals surface area contributed by atoms with Crippen molar-refractivity contribution in [2.24, 2.45) is 0 Å². The Morgan fingerprint density at radius 2 is 2.10 bits per heavy atom. The van der Waals surface area contributed by atoms with Gasteiger partial charge in [-0.05, 0) is 26.4 Å². The highest BCUT2D eigenvalue weighted by atomic mass is 15.4. The fourth-order valence-electron chi connectivity index (χ4n) is 2.96. The molecule has 0 aliphatic carbocycles. The highest BCUT2D eigenvalue weighted by molar-refractivity contribution is 5.58. The molecule has 0 atom stereocenters. The molecule has 0 N–H and O–H groups in total. The summed E-state index contributed by atoms with van der Waals surface area (Å²) in [6, 6.07) is 0. The number of aromatic nitrogens is 4. The molecule has 6 heteroatoms. The highest BCUT2D eigenvalue weighted by Crippen LogP contribution is 2.29. The van der Waals surface area contributed by atoms with E-state index in [1.165, 1.54) is 11.4 Å². The van der Waals surface area contributed by atoms with E-state index < -0.39 is 0 Å². The van der Waals surface area contributed by atoms with Gasteiger partial charge in [0.1, 0.15) is 12.1 Å². The Kier molecular flexibility index (Phi) is 3.56. The Hall–Kier alpha value is -1.69. The molecule has 0 spiro atoms. The summed E-state index contributed by atoms with van der Waals surface area (Å²) in [6.07, 6.45) is 2.64. The number of hydrogen-bond acceptors (Lipinski definition) is 5. The fourth-order valence-corrected chi connectivity index (χ4v) is 2.96. The number of aryl methyl sites for hydroxylation is 1. The molecule has 1 aliphatic heterocycles. The van der Waals surface area contributed by atoms with Crippen LogP contribution in [0.1, 0.15) is 25.1 Å². The van der Waals surface area contributed by atoms with Gasteiger partial charge < -0.3 is 9.80 Å². The molecule has 6 nitrogen and oxygen atoms in total. The van der Waals surface area contributed by atoms with Gasteiger partial charge in [0, 0.05) is 30.9 Å². The second-order valence-corrected chi connectivity index (χ2v) is 5.24. The summed E-state index contributed by atoms with van der Waals surface area (Å²) in [5.74, 6) is 1.90. The minimum absolute atomic E-state index is 0.705. The van der Waals surface area contributed by atoms with E-state index in [1.807, 2.05) is 4.52 Å². The molecule has 3 heterocycles. The van der Waals surface area contributed by atoms with Crippen LogP contribution in [-0.4, -0.2) is 57.2 Å². The summed E-state index contributed by atoms with van der Waals surface area (Å²) >= 11 is 0. The average molecular weight is 274 g/mol. The first-order valence-electron chi connectivity index (χ1n) is 7.41. The van der Waals surface area contributed by atoms with Crippen LogP contribution >= 0.6 is 0 Å². The van der Waals surface area contributed by atoms with E-state index in [9.17, 15) is 0 Å². The van der Waals surface area contributed by atoms with Gasteiger partial charge in [-0.1, -0.05) is 13.8 Å². The van der Waals surface area contributed by atoms with Crippen molar-refractivity contribution >= 4 is 11.6 Å². The Bertz CT molecular complexity index is 601. The molecule has 0 fully saturated rings. The minimum atomic E-state index is 0.705. The van der Waals surface area contributed by atoms with Gasteiger partial charge >= 0.3 is 0 Å². The fraction of sp³-hybridized carbons (Fsp3) is 0.643. The predicted octanol–water partition coefficient (Wildman–Crippen LogP) is 1.14. The maximum Gasteiger partial charge on any atom is 0.254 e. The molecule has 0 saturated heterocycles. The number of fused-ring (bicyclic) bond motifs is 3. The second kappa shape index (κ2) is 5.36. The maximum atomic E-state index is 4.52. The minimum Gasteiger partial charge on any atom is -0.355 e. The van der Waals surface area contributed by atoms with Crippen LogP contribution in [0.5, 0.6) is 0 Å². The molecule has 2 aromatic heterocycles. The quantitative estimate of drug-likeness (QED) is 0.818. The normalized spacial score (nSPS) is 14.5. The van der Waals surface area contributed by atoms with Crippen molar-refractivity contribution in [2.45, 2.75) is 27.2 Å². The van der Waals surface area contributed by atoms with Crippen molar-refractivity contribution < 1.29 is 0 Å². The van der Waals surface area contributed by atoms with E-state index in [1.54, 1.807) is 6.33 Å². The van der Waals surface area contributed by atoms with Gasteiger partial charge in [-0.3, -0.25) is 0 Å². The van der Waals surface area contributed by atoms with Crippen LogP contribution in [0.2, 0.25) is 0 Å². The predicted molar refractivity (Wildman–Crippen MR) is 79.2 cm³/mol. The van der Waals surface area contributed by atoms with Crippen molar-refractivity contribution in [3.63, 3.8) is 0 Å². The molecule has 0 aromatic carbocycles. The summed E-state index contributed by atoms with van der Waals surface area (Å²) in [5, 5.41) is 4.34. The molecule has 0 bridgehead atoms. The molecule has 2 aromatic rings. The number of hydrogen-bond donors (Lipinski definition) is 0. The lowest BCUT2D eigenvalue weighted by Crippen LogP contribution is -2.35. The van der Waals surface area contributed by atoms with Gasteiger partial charge in [0.05, 0.1) is 0 Å². The number of rotatable bonds is 5. The van der Waals surface area contributed by atoms with Gasteiger partial charge in [-0.2, -0.15) is 14.6 Å². The first-order valence-corrected chi connectivity index (χ1v) is 7.41. The van der Waals surface area contributed by atoms with Crippen molar-refractivity contribution in [3.8, 4) is 0 Å². The molecule has 1 aliphatic rings. The lowest BCUT2D eigenvalue weighted by atomic mass is 10.2. The Labute approximate surface area is 119 Å².